The minimum Gasteiger partial charge on any atom is -0.330 e. The molecule has 4 rings (SSSR count). The van der Waals surface area contributed by atoms with Crippen LogP contribution in [-0.4, -0.2) is 12.3 Å². The molecular formula is C25H39NO. The number of ketones is 1. The lowest BCUT2D eigenvalue weighted by Gasteiger charge is -2.61. The standard InChI is InChI=1S/C25H39NO/c1-17-15-19-16-18(7-5-4-6-14-26)10-12-24(19,2)21-11-13-25(3)20(23(17)21)8-9-22(25)27/h5,7,18-21,23H,1,4,6,8-16,26H2,2-3H3/t18-,19?,20+,21+,23+,24+,25+/m1/s1. The van der Waals surface area contributed by atoms with E-state index in [0.29, 0.717) is 23.0 Å². The van der Waals surface area contributed by atoms with Crippen LogP contribution >= 0.6 is 0 Å². The zero-order chi connectivity index (χ0) is 19.2. The van der Waals surface area contributed by atoms with Crippen LogP contribution in [0.3, 0.4) is 0 Å². The van der Waals surface area contributed by atoms with E-state index in [9.17, 15) is 4.79 Å². The number of unbranched alkanes of at least 4 members (excludes halogenated alkanes) is 1. The smallest absolute Gasteiger partial charge is 0.139 e. The van der Waals surface area contributed by atoms with Gasteiger partial charge in [-0.25, -0.2) is 0 Å². The molecule has 4 aliphatic rings. The molecule has 2 N–H and O–H groups in total. The number of rotatable bonds is 4. The van der Waals surface area contributed by atoms with E-state index in [0.717, 1.165) is 56.4 Å². The second-order valence-corrected chi connectivity index (χ2v) is 10.6. The summed E-state index contributed by atoms with van der Waals surface area (Å²) in [4.78, 5) is 12.6. The zero-order valence-corrected chi connectivity index (χ0v) is 17.5. The van der Waals surface area contributed by atoms with E-state index in [1.54, 1.807) is 0 Å². The maximum absolute atomic E-state index is 12.6. The highest BCUT2D eigenvalue weighted by molar-refractivity contribution is 5.87. The van der Waals surface area contributed by atoms with E-state index in [1.807, 2.05) is 0 Å². The van der Waals surface area contributed by atoms with Gasteiger partial charge >= 0.3 is 0 Å². The molecule has 2 heteroatoms. The Labute approximate surface area is 166 Å². The van der Waals surface area contributed by atoms with Crippen molar-refractivity contribution >= 4 is 5.78 Å². The van der Waals surface area contributed by atoms with Crippen LogP contribution in [-0.2, 0) is 4.79 Å². The molecule has 4 fully saturated rings. The van der Waals surface area contributed by atoms with E-state index in [1.165, 1.54) is 37.7 Å². The summed E-state index contributed by atoms with van der Waals surface area (Å²) in [6, 6.07) is 0. The molecule has 27 heavy (non-hydrogen) atoms. The van der Waals surface area contributed by atoms with Crippen LogP contribution in [0.25, 0.3) is 0 Å². The monoisotopic (exact) mass is 369 g/mol. The van der Waals surface area contributed by atoms with Crippen LogP contribution in [0.4, 0.5) is 0 Å². The topological polar surface area (TPSA) is 43.1 Å². The molecule has 0 aromatic heterocycles. The quantitative estimate of drug-likeness (QED) is 0.512. The summed E-state index contributed by atoms with van der Waals surface area (Å²) in [7, 11) is 0. The molecular weight excluding hydrogens is 330 g/mol. The fraction of sp³-hybridized carbons (Fsp3) is 0.800. The summed E-state index contributed by atoms with van der Waals surface area (Å²) in [5.74, 6) is 4.00. The molecule has 0 radical (unpaired) electrons. The summed E-state index contributed by atoms with van der Waals surface area (Å²) in [5.41, 5.74) is 7.52. The van der Waals surface area contributed by atoms with E-state index in [-0.39, 0.29) is 5.41 Å². The third-order valence-electron chi connectivity index (χ3n) is 9.36. The summed E-state index contributed by atoms with van der Waals surface area (Å²) in [5, 5.41) is 0. The van der Waals surface area contributed by atoms with Gasteiger partial charge in [0.25, 0.3) is 0 Å². The van der Waals surface area contributed by atoms with Gasteiger partial charge in [-0.3, -0.25) is 4.79 Å². The fourth-order valence-corrected chi connectivity index (χ4v) is 7.63. The van der Waals surface area contributed by atoms with Crippen molar-refractivity contribution < 1.29 is 4.79 Å². The minimum absolute atomic E-state index is 0.0454. The molecule has 0 aromatic carbocycles. The van der Waals surface area contributed by atoms with Gasteiger partial charge in [0.05, 0.1) is 0 Å². The summed E-state index contributed by atoms with van der Waals surface area (Å²) < 4.78 is 0. The Bertz CT molecular complexity index is 636. The first-order valence-electron chi connectivity index (χ1n) is 11.5. The van der Waals surface area contributed by atoms with Crippen LogP contribution in [0.5, 0.6) is 0 Å². The van der Waals surface area contributed by atoms with E-state index in [2.05, 4.69) is 32.6 Å². The molecule has 0 spiro atoms. The van der Waals surface area contributed by atoms with Crippen LogP contribution in [0.15, 0.2) is 24.3 Å². The zero-order valence-electron chi connectivity index (χ0n) is 17.5. The molecule has 2 nitrogen and oxygen atoms in total. The first-order valence-corrected chi connectivity index (χ1v) is 11.5. The minimum atomic E-state index is -0.0454. The number of hydrogen-bond acceptors (Lipinski definition) is 2. The third-order valence-corrected chi connectivity index (χ3v) is 9.36. The summed E-state index contributed by atoms with van der Waals surface area (Å²) >= 11 is 0. The van der Waals surface area contributed by atoms with Gasteiger partial charge in [-0.2, -0.15) is 0 Å². The van der Waals surface area contributed by atoms with Gasteiger partial charge < -0.3 is 5.73 Å². The van der Waals surface area contributed by atoms with Crippen molar-refractivity contribution in [1.82, 2.24) is 0 Å². The molecule has 0 aliphatic heterocycles. The molecule has 0 amide bonds. The Hall–Kier alpha value is -0.890. The second kappa shape index (κ2) is 7.17. The molecule has 150 valence electrons. The van der Waals surface area contributed by atoms with E-state index in [4.69, 9.17) is 5.73 Å². The van der Waals surface area contributed by atoms with Gasteiger partial charge in [0, 0.05) is 11.8 Å². The second-order valence-electron chi connectivity index (χ2n) is 10.6. The predicted molar refractivity (Wildman–Crippen MR) is 112 cm³/mol. The van der Waals surface area contributed by atoms with Crippen LogP contribution in [0.2, 0.25) is 0 Å². The van der Waals surface area contributed by atoms with Crippen LogP contribution in [0, 0.1) is 40.4 Å². The Morgan fingerprint density at radius 3 is 2.78 bits per heavy atom. The molecule has 7 atom stereocenters. The maximum atomic E-state index is 12.6. The van der Waals surface area contributed by atoms with Gasteiger partial charge in [-0.1, -0.05) is 38.2 Å². The summed E-state index contributed by atoms with van der Waals surface area (Å²) in [6.07, 6.45) is 16.6. The first-order chi connectivity index (χ1) is 12.9. The lowest BCUT2D eigenvalue weighted by Crippen LogP contribution is -2.54. The van der Waals surface area contributed by atoms with Crippen molar-refractivity contribution in [1.29, 1.82) is 0 Å². The van der Waals surface area contributed by atoms with Gasteiger partial charge in [0.1, 0.15) is 5.78 Å². The lowest BCUT2D eigenvalue weighted by atomic mass is 9.44. The normalized spacial score (nSPS) is 47.0. The highest BCUT2D eigenvalue weighted by Gasteiger charge is 2.61. The molecule has 0 bridgehead atoms. The molecule has 4 saturated carbocycles. The Balaban J connectivity index is 1.51. The van der Waals surface area contributed by atoms with Gasteiger partial charge in [-0.05, 0) is 99.3 Å². The van der Waals surface area contributed by atoms with Gasteiger partial charge in [0.2, 0.25) is 0 Å². The SMILES string of the molecule is C=C1CC2C[C@H](C=CCCCN)CC[C@]2(C)[C@H]2CC[C@]3(C)C(=O)CC[C@H]3[C@H]12. The van der Waals surface area contributed by atoms with E-state index < -0.39 is 0 Å². The Morgan fingerprint density at radius 1 is 1.19 bits per heavy atom. The Kier molecular flexibility index (Phi) is 5.16. The van der Waals surface area contributed by atoms with Crippen molar-refractivity contribution in [2.45, 2.75) is 78.1 Å². The number of Topliss-reactive ketones (excluding diaryl/α,β-unsaturated/α-hetero) is 1. The Morgan fingerprint density at radius 2 is 2.00 bits per heavy atom. The van der Waals surface area contributed by atoms with Crippen molar-refractivity contribution in [3.8, 4) is 0 Å². The van der Waals surface area contributed by atoms with Crippen molar-refractivity contribution in [3.05, 3.63) is 24.3 Å². The van der Waals surface area contributed by atoms with Crippen molar-refractivity contribution in [2.24, 2.45) is 46.2 Å². The number of carbonyl (C=O) groups is 1. The van der Waals surface area contributed by atoms with Crippen LogP contribution in [0.1, 0.15) is 78.1 Å². The molecule has 0 aromatic rings. The highest BCUT2D eigenvalue weighted by Crippen LogP contribution is 2.66. The molecule has 1 unspecified atom stereocenters. The highest BCUT2D eigenvalue weighted by atomic mass is 16.1. The predicted octanol–water partition coefficient (Wildman–Crippen LogP) is 5.68. The summed E-state index contributed by atoms with van der Waals surface area (Å²) in [6.45, 7) is 10.3. The van der Waals surface area contributed by atoms with Crippen LogP contribution < -0.4 is 5.73 Å². The molecule has 4 aliphatic carbocycles. The first kappa shape index (κ1) is 19.4. The largest absolute Gasteiger partial charge is 0.330 e. The fourth-order valence-electron chi connectivity index (χ4n) is 7.63. The number of carbonyl (C=O) groups excluding carboxylic acids is 1. The average molecular weight is 370 g/mol. The van der Waals surface area contributed by atoms with Gasteiger partial charge in [0.15, 0.2) is 0 Å². The van der Waals surface area contributed by atoms with Gasteiger partial charge in [-0.15, -0.1) is 0 Å². The average Bonchev–Trinajstić information content (AvgIpc) is 2.95. The number of hydrogen-bond donors (Lipinski definition) is 1. The molecule has 0 saturated heterocycles. The van der Waals surface area contributed by atoms with Crippen molar-refractivity contribution in [3.63, 3.8) is 0 Å². The lowest BCUT2D eigenvalue weighted by molar-refractivity contribution is -0.134. The molecule has 0 heterocycles. The number of nitrogens with two attached hydrogens (primary N) is 1. The van der Waals surface area contributed by atoms with Crippen molar-refractivity contribution in [2.75, 3.05) is 6.54 Å². The third kappa shape index (κ3) is 3.07. The number of allylic oxidation sites excluding steroid dienone is 3. The maximum Gasteiger partial charge on any atom is 0.139 e. The number of fused-ring (bicyclic) bond motifs is 5. The van der Waals surface area contributed by atoms with E-state index >= 15 is 0 Å².